The van der Waals surface area contributed by atoms with E-state index in [-0.39, 0.29) is 12.5 Å². The Morgan fingerprint density at radius 1 is 1.20 bits per heavy atom. The molecule has 0 N–H and O–H groups in total. The number of aryl methyl sites for hydroxylation is 1. The van der Waals surface area contributed by atoms with Crippen molar-refractivity contribution in [2.45, 2.75) is 53.1 Å². The Morgan fingerprint density at radius 2 is 1.88 bits per heavy atom. The minimum absolute atomic E-state index is 0.0610. The maximum absolute atomic E-state index is 12.6. The number of hydrogen-bond acceptors (Lipinski definition) is 3. The lowest BCUT2D eigenvalue weighted by molar-refractivity contribution is -0.121. The number of para-hydroxylation sites is 1. The van der Waals surface area contributed by atoms with Crippen LogP contribution in [0.4, 0.5) is 10.5 Å². The first-order chi connectivity index (χ1) is 11.7. The summed E-state index contributed by atoms with van der Waals surface area (Å²) in [5, 5.41) is 0. The van der Waals surface area contributed by atoms with Crippen LogP contribution in [-0.2, 0) is 16.0 Å². The number of hydrogen-bond donors (Lipinski definition) is 0. The number of amides is 2. The van der Waals surface area contributed by atoms with Crippen molar-refractivity contribution in [2.24, 2.45) is 5.92 Å². The van der Waals surface area contributed by atoms with Gasteiger partial charge in [0.25, 0.3) is 0 Å². The van der Waals surface area contributed by atoms with Crippen LogP contribution in [0, 0.1) is 5.92 Å². The third kappa shape index (κ3) is 5.48. The second kappa shape index (κ2) is 7.89. The average Bonchev–Trinajstić information content (AvgIpc) is 2.51. The molecule has 1 aromatic rings. The Balaban J connectivity index is 2.07. The van der Waals surface area contributed by atoms with E-state index in [0.29, 0.717) is 19.0 Å². The van der Waals surface area contributed by atoms with Crippen molar-refractivity contribution in [3.05, 3.63) is 29.8 Å². The van der Waals surface area contributed by atoms with E-state index >= 15 is 0 Å². The van der Waals surface area contributed by atoms with E-state index in [0.717, 1.165) is 18.5 Å². The summed E-state index contributed by atoms with van der Waals surface area (Å²) in [6.45, 7) is 10.9. The highest BCUT2D eigenvalue weighted by molar-refractivity contribution is 5.98. The second-order valence-corrected chi connectivity index (χ2v) is 8.01. The molecule has 5 nitrogen and oxygen atoms in total. The van der Waals surface area contributed by atoms with Crippen molar-refractivity contribution >= 4 is 17.7 Å². The summed E-state index contributed by atoms with van der Waals surface area (Å²) < 4.78 is 5.37. The molecular weight excluding hydrogens is 316 g/mol. The fourth-order valence-electron chi connectivity index (χ4n) is 2.84. The van der Waals surface area contributed by atoms with Crippen LogP contribution in [0.2, 0.25) is 0 Å². The van der Waals surface area contributed by atoms with Crippen molar-refractivity contribution in [2.75, 3.05) is 24.5 Å². The van der Waals surface area contributed by atoms with E-state index in [9.17, 15) is 9.59 Å². The molecule has 0 aliphatic carbocycles. The maximum atomic E-state index is 12.6. The van der Waals surface area contributed by atoms with Gasteiger partial charge in [-0.3, -0.25) is 9.69 Å². The molecule has 5 heteroatoms. The topological polar surface area (TPSA) is 49.9 Å². The van der Waals surface area contributed by atoms with Crippen molar-refractivity contribution in [1.82, 2.24) is 4.90 Å². The molecule has 1 saturated heterocycles. The first-order valence-electron chi connectivity index (χ1n) is 9.03. The van der Waals surface area contributed by atoms with Gasteiger partial charge >= 0.3 is 6.09 Å². The van der Waals surface area contributed by atoms with E-state index in [1.54, 1.807) is 4.90 Å². The zero-order valence-corrected chi connectivity index (χ0v) is 16.0. The molecule has 0 bridgehead atoms. The highest BCUT2D eigenvalue weighted by atomic mass is 16.6. The minimum atomic E-state index is -0.555. The molecule has 1 aliphatic rings. The first-order valence-corrected chi connectivity index (χ1v) is 9.03. The number of piperazine rings is 1. The lowest BCUT2D eigenvalue weighted by Gasteiger charge is -2.36. The summed E-state index contributed by atoms with van der Waals surface area (Å²) in [6, 6.07) is 8.06. The van der Waals surface area contributed by atoms with Gasteiger partial charge in [-0.25, -0.2) is 4.79 Å². The Morgan fingerprint density at radius 3 is 2.48 bits per heavy atom. The normalized spacial score (nSPS) is 15.7. The third-order valence-electron chi connectivity index (χ3n) is 4.15. The molecule has 0 radical (unpaired) electrons. The SMILES string of the molecule is CC(C)CCc1ccccc1N1CCN(C(=O)OC(C)(C)C)CC1=O. The lowest BCUT2D eigenvalue weighted by Crippen LogP contribution is -2.53. The molecule has 1 aliphatic heterocycles. The summed E-state index contributed by atoms with van der Waals surface area (Å²) in [7, 11) is 0. The van der Waals surface area contributed by atoms with Gasteiger partial charge in [-0.15, -0.1) is 0 Å². The minimum Gasteiger partial charge on any atom is -0.444 e. The van der Waals surface area contributed by atoms with E-state index in [1.165, 1.54) is 10.5 Å². The van der Waals surface area contributed by atoms with Gasteiger partial charge in [-0.05, 0) is 51.2 Å². The van der Waals surface area contributed by atoms with Gasteiger partial charge in [0.2, 0.25) is 5.91 Å². The van der Waals surface area contributed by atoms with E-state index in [4.69, 9.17) is 4.74 Å². The maximum Gasteiger partial charge on any atom is 0.410 e. The number of ether oxygens (including phenoxy) is 1. The fourth-order valence-corrected chi connectivity index (χ4v) is 2.84. The molecule has 25 heavy (non-hydrogen) atoms. The number of carbonyl (C=O) groups excluding carboxylic acids is 2. The van der Waals surface area contributed by atoms with Crippen molar-refractivity contribution in [1.29, 1.82) is 0 Å². The number of anilines is 1. The van der Waals surface area contributed by atoms with Gasteiger partial charge in [0, 0.05) is 18.8 Å². The zero-order chi connectivity index (χ0) is 18.6. The standard InChI is InChI=1S/C20H30N2O3/c1-15(2)10-11-16-8-6-7-9-17(16)22-13-12-21(14-18(22)23)19(24)25-20(3,4)5/h6-9,15H,10-14H2,1-5H3. The fraction of sp³-hybridized carbons (Fsp3) is 0.600. The number of nitrogens with zero attached hydrogens (tertiary/aromatic N) is 2. The van der Waals surface area contributed by atoms with E-state index < -0.39 is 11.7 Å². The predicted molar refractivity (Wildman–Crippen MR) is 99.8 cm³/mol. The molecule has 2 amide bonds. The summed E-state index contributed by atoms with van der Waals surface area (Å²) in [6.07, 6.45) is 1.62. The van der Waals surface area contributed by atoms with Crippen molar-refractivity contribution in [3.63, 3.8) is 0 Å². The quantitative estimate of drug-likeness (QED) is 0.832. The van der Waals surface area contributed by atoms with Crippen LogP contribution in [0.15, 0.2) is 24.3 Å². The number of rotatable bonds is 4. The van der Waals surface area contributed by atoms with Crippen LogP contribution in [0.25, 0.3) is 0 Å². The van der Waals surface area contributed by atoms with Crippen molar-refractivity contribution < 1.29 is 14.3 Å². The molecule has 0 spiro atoms. The van der Waals surface area contributed by atoms with E-state index in [1.807, 2.05) is 39.0 Å². The Hall–Kier alpha value is -2.04. The lowest BCUT2D eigenvalue weighted by atomic mass is 10.0. The molecule has 0 atom stereocenters. The highest BCUT2D eigenvalue weighted by Crippen LogP contribution is 2.25. The molecule has 0 saturated carbocycles. The highest BCUT2D eigenvalue weighted by Gasteiger charge is 2.31. The monoisotopic (exact) mass is 346 g/mol. The molecule has 1 aromatic carbocycles. The van der Waals surface area contributed by atoms with Gasteiger partial charge in [0.1, 0.15) is 12.1 Å². The Bertz CT molecular complexity index is 620. The molecule has 0 aromatic heterocycles. The molecule has 2 rings (SSSR count). The van der Waals surface area contributed by atoms with Crippen LogP contribution in [0.5, 0.6) is 0 Å². The Labute approximate surface area is 150 Å². The molecule has 1 fully saturated rings. The van der Waals surface area contributed by atoms with Crippen LogP contribution in [0.1, 0.15) is 46.6 Å². The number of carbonyl (C=O) groups is 2. The van der Waals surface area contributed by atoms with Crippen LogP contribution in [0.3, 0.4) is 0 Å². The van der Waals surface area contributed by atoms with Crippen molar-refractivity contribution in [3.8, 4) is 0 Å². The first kappa shape index (κ1) is 19.3. The van der Waals surface area contributed by atoms with E-state index in [2.05, 4.69) is 19.9 Å². The molecule has 138 valence electrons. The molecule has 0 unspecified atom stereocenters. The molecular formula is C20H30N2O3. The predicted octanol–water partition coefficient (Wildman–Crippen LogP) is 3.86. The van der Waals surface area contributed by atoms with Gasteiger partial charge in [0.15, 0.2) is 0 Å². The average molecular weight is 346 g/mol. The second-order valence-electron chi connectivity index (χ2n) is 8.01. The largest absolute Gasteiger partial charge is 0.444 e. The summed E-state index contributed by atoms with van der Waals surface area (Å²) in [4.78, 5) is 28.1. The molecule has 1 heterocycles. The van der Waals surface area contributed by atoms with Gasteiger partial charge in [-0.1, -0.05) is 32.0 Å². The third-order valence-corrected chi connectivity index (χ3v) is 4.15. The Kier molecular flexibility index (Phi) is 6.09. The zero-order valence-electron chi connectivity index (χ0n) is 16.0. The van der Waals surface area contributed by atoms with Crippen LogP contribution >= 0.6 is 0 Å². The van der Waals surface area contributed by atoms with Gasteiger partial charge in [-0.2, -0.15) is 0 Å². The van der Waals surface area contributed by atoms with Gasteiger partial charge < -0.3 is 9.64 Å². The summed E-state index contributed by atoms with van der Waals surface area (Å²) in [5.41, 5.74) is 1.60. The summed E-state index contributed by atoms with van der Waals surface area (Å²) >= 11 is 0. The van der Waals surface area contributed by atoms with Crippen LogP contribution < -0.4 is 4.90 Å². The summed E-state index contributed by atoms with van der Waals surface area (Å²) in [5.74, 6) is 0.557. The van der Waals surface area contributed by atoms with Crippen LogP contribution in [-0.4, -0.2) is 42.1 Å². The van der Waals surface area contributed by atoms with Gasteiger partial charge in [0.05, 0.1) is 0 Å². The number of benzene rings is 1. The smallest absolute Gasteiger partial charge is 0.410 e.